The van der Waals surface area contributed by atoms with Crippen LogP contribution in [0, 0.1) is 11.6 Å². The molecule has 2 aromatic heterocycles. The molecule has 1 aliphatic rings. The number of nitrogens with zero attached hydrogens (tertiary/aromatic N) is 4. The Labute approximate surface area is 212 Å². The summed E-state index contributed by atoms with van der Waals surface area (Å²) in [4.78, 5) is 17.4. The van der Waals surface area contributed by atoms with Crippen molar-refractivity contribution in [2.75, 3.05) is 11.9 Å². The molecule has 1 aliphatic carbocycles. The van der Waals surface area contributed by atoms with Crippen molar-refractivity contribution >= 4 is 11.6 Å². The average molecular weight is 530 g/mol. The van der Waals surface area contributed by atoms with Gasteiger partial charge in [-0.25, -0.2) is 18.9 Å². The highest BCUT2D eigenvalue weighted by molar-refractivity contribution is 6.02. The molecule has 4 aromatic rings. The first kappa shape index (κ1) is 25.2. The molecule has 38 heavy (non-hydrogen) atoms. The lowest BCUT2D eigenvalue weighted by Crippen LogP contribution is -2.29. The van der Waals surface area contributed by atoms with Crippen molar-refractivity contribution in [3.8, 4) is 28.4 Å². The van der Waals surface area contributed by atoms with Crippen LogP contribution < -0.4 is 10.1 Å². The summed E-state index contributed by atoms with van der Waals surface area (Å²) in [6.07, 6.45) is -2.86. The number of nitrogens with one attached hydrogen (secondary N) is 2. The predicted octanol–water partition coefficient (Wildman–Crippen LogP) is 5.29. The predicted molar refractivity (Wildman–Crippen MR) is 125 cm³/mol. The van der Waals surface area contributed by atoms with E-state index in [0.29, 0.717) is 24.1 Å². The lowest BCUT2D eigenvalue weighted by molar-refractivity contribution is -0.137. The number of halogens is 5. The Hall–Kier alpha value is -4.42. The fourth-order valence-corrected chi connectivity index (χ4v) is 4.27. The highest BCUT2D eigenvalue weighted by Gasteiger charge is 2.53. The van der Waals surface area contributed by atoms with Crippen molar-refractivity contribution in [2.24, 2.45) is 0 Å². The molecule has 0 unspecified atom stereocenters. The summed E-state index contributed by atoms with van der Waals surface area (Å²) in [5.41, 5.74) is -1.94. The number of carbonyl (C=O) groups excluding carboxylic acids is 1. The van der Waals surface area contributed by atoms with E-state index in [1.807, 2.05) is 0 Å². The van der Waals surface area contributed by atoms with Crippen molar-refractivity contribution in [1.82, 2.24) is 25.6 Å². The number of tetrazole rings is 1. The van der Waals surface area contributed by atoms with Crippen molar-refractivity contribution in [1.29, 1.82) is 0 Å². The van der Waals surface area contributed by atoms with E-state index in [-0.39, 0.29) is 41.0 Å². The molecule has 0 aliphatic heterocycles. The van der Waals surface area contributed by atoms with Crippen LogP contribution in [0.5, 0.6) is 5.88 Å². The molecule has 1 amide bonds. The molecule has 0 radical (unpaired) electrons. The average Bonchev–Trinajstić information content (AvgIpc) is 3.49. The number of alkyl halides is 3. The minimum Gasteiger partial charge on any atom is -0.478 e. The first-order valence-corrected chi connectivity index (χ1v) is 11.5. The van der Waals surface area contributed by atoms with E-state index in [2.05, 4.69) is 30.9 Å². The van der Waals surface area contributed by atoms with E-state index < -0.39 is 34.7 Å². The summed E-state index contributed by atoms with van der Waals surface area (Å²) in [6.45, 7) is 2.21. The maximum Gasteiger partial charge on any atom is 0.416 e. The highest BCUT2D eigenvalue weighted by Crippen LogP contribution is 2.50. The van der Waals surface area contributed by atoms with Crippen LogP contribution in [0.1, 0.15) is 30.9 Å². The summed E-state index contributed by atoms with van der Waals surface area (Å²) in [5, 5.41) is 16.0. The van der Waals surface area contributed by atoms with Crippen LogP contribution in [0.4, 0.5) is 27.6 Å². The molecular weight excluding hydrogens is 511 g/mol. The second-order valence-electron chi connectivity index (χ2n) is 8.68. The zero-order valence-corrected chi connectivity index (χ0v) is 19.7. The van der Waals surface area contributed by atoms with E-state index in [0.717, 1.165) is 18.2 Å². The summed E-state index contributed by atoms with van der Waals surface area (Å²) in [7, 11) is 0. The van der Waals surface area contributed by atoms with Gasteiger partial charge in [0, 0.05) is 40.2 Å². The van der Waals surface area contributed by atoms with Crippen molar-refractivity contribution in [3.05, 3.63) is 71.4 Å². The maximum absolute atomic E-state index is 15.5. The number of hydrogen-bond acceptors (Lipinski definition) is 6. The normalized spacial score (nSPS) is 14.3. The number of aromatic amines is 1. The van der Waals surface area contributed by atoms with Gasteiger partial charge in [-0.1, -0.05) is 6.07 Å². The van der Waals surface area contributed by atoms with Crippen molar-refractivity contribution in [3.63, 3.8) is 0 Å². The number of aromatic nitrogens is 5. The summed E-state index contributed by atoms with van der Waals surface area (Å²) in [5.74, 6) is -2.07. The van der Waals surface area contributed by atoms with Gasteiger partial charge < -0.3 is 10.1 Å². The molecule has 8 nitrogen and oxygen atoms in total. The Morgan fingerprint density at radius 2 is 1.89 bits per heavy atom. The first-order chi connectivity index (χ1) is 18.1. The molecule has 5 rings (SSSR count). The third-order valence-electron chi connectivity index (χ3n) is 6.26. The second kappa shape index (κ2) is 9.47. The van der Waals surface area contributed by atoms with Gasteiger partial charge in [0.05, 0.1) is 17.6 Å². The molecule has 0 bridgehead atoms. The molecule has 196 valence electrons. The monoisotopic (exact) mass is 530 g/mol. The quantitative estimate of drug-likeness (QED) is 0.315. The van der Waals surface area contributed by atoms with Gasteiger partial charge in [0.25, 0.3) is 0 Å². The van der Waals surface area contributed by atoms with Crippen molar-refractivity contribution < 1.29 is 31.5 Å². The third kappa shape index (κ3) is 4.66. The van der Waals surface area contributed by atoms with E-state index in [4.69, 9.17) is 4.74 Å². The van der Waals surface area contributed by atoms with Gasteiger partial charge in [0.2, 0.25) is 11.8 Å². The van der Waals surface area contributed by atoms with Crippen LogP contribution in [-0.2, 0) is 16.4 Å². The Morgan fingerprint density at radius 1 is 1.11 bits per heavy atom. The van der Waals surface area contributed by atoms with Gasteiger partial charge in [0.1, 0.15) is 11.6 Å². The van der Waals surface area contributed by atoms with Crippen LogP contribution in [0.25, 0.3) is 22.5 Å². The molecule has 0 spiro atoms. The standard InChI is InChI=1S/C25H19F5N6O2/c1-2-38-20-6-3-13(12-31-20)21-16(22-33-35-36-34-22)10-15(11-19(21)27)32-23(37)24(7-8-24)17-5-4-14(9-18(17)26)25(28,29)30/h3-6,9-12H,2,7-8H2,1H3,(H,32,37)(H,33,34,35,36). The van der Waals surface area contributed by atoms with Gasteiger partial charge in [0.15, 0.2) is 5.82 Å². The second-order valence-corrected chi connectivity index (χ2v) is 8.68. The molecule has 2 heterocycles. The van der Waals surface area contributed by atoms with Crippen LogP contribution in [0.3, 0.4) is 0 Å². The molecule has 0 saturated heterocycles. The lowest BCUT2D eigenvalue weighted by Gasteiger charge is -2.19. The van der Waals surface area contributed by atoms with Gasteiger partial charge >= 0.3 is 6.18 Å². The number of rotatable bonds is 7. The number of benzene rings is 2. The van der Waals surface area contributed by atoms with Gasteiger partial charge in [-0.3, -0.25) is 4.79 Å². The molecule has 13 heteroatoms. The minimum atomic E-state index is -4.72. The summed E-state index contributed by atoms with van der Waals surface area (Å²) < 4.78 is 74.3. The number of hydrogen-bond donors (Lipinski definition) is 2. The number of H-pyrrole nitrogens is 1. The molecule has 1 saturated carbocycles. The Morgan fingerprint density at radius 3 is 2.47 bits per heavy atom. The third-order valence-corrected chi connectivity index (χ3v) is 6.26. The minimum absolute atomic E-state index is 0.0279. The maximum atomic E-state index is 15.5. The lowest BCUT2D eigenvalue weighted by atomic mass is 9.92. The largest absolute Gasteiger partial charge is 0.478 e. The zero-order chi connectivity index (χ0) is 27.1. The van der Waals surface area contributed by atoms with Crippen LogP contribution in [0.15, 0.2) is 48.7 Å². The molecule has 1 fully saturated rings. The first-order valence-electron chi connectivity index (χ1n) is 11.5. The van der Waals surface area contributed by atoms with E-state index in [9.17, 15) is 22.4 Å². The molecule has 2 N–H and O–H groups in total. The fourth-order valence-electron chi connectivity index (χ4n) is 4.27. The van der Waals surface area contributed by atoms with Crippen molar-refractivity contribution in [2.45, 2.75) is 31.4 Å². The highest BCUT2D eigenvalue weighted by atomic mass is 19.4. The number of pyridine rings is 1. The smallest absolute Gasteiger partial charge is 0.416 e. The van der Waals surface area contributed by atoms with E-state index >= 15 is 4.39 Å². The SMILES string of the molecule is CCOc1ccc(-c2c(F)cc(NC(=O)C3(c4ccc(C(F)(F)F)cc4F)CC3)cc2-c2nnn[nH]2)cn1. The van der Waals surface area contributed by atoms with Gasteiger partial charge in [-0.05, 0) is 60.5 Å². The summed E-state index contributed by atoms with van der Waals surface area (Å²) >= 11 is 0. The molecular formula is C25H19F5N6O2. The van der Waals surface area contributed by atoms with E-state index in [1.165, 1.54) is 12.3 Å². The number of ether oxygens (including phenoxy) is 1. The Bertz CT molecular complexity index is 1490. The Balaban J connectivity index is 1.48. The zero-order valence-electron chi connectivity index (χ0n) is 19.7. The Kier molecular flexibility index (Phi) is 6.29. The number of anilines is 1. The number of amides is 1. The molecule has 2 aromatic carbocycles. The van der Waals surface area contributed by atoms with E-state index in [1.54, 1.807) is 19.1 Å². The van der Waals surface area contributed by atoms with Crippen LogP contribution in [0.2, 0.25) is 0 Å². The summed E-state index contributed by atoms with van der Waals surface area (Å²) in [6, 6.07) is 7.78. The fraction of sp³-hybridized carbons (Fsp3) is 0.240. The van der Waals surface area contributed by atoms with Crippen LogP contribution >= 0.6 is 0 Å². The van der Waals surface area contributed by atoms with Crippen LogP contribution in [-0.4, -0.2) is 38.1 Å². The van der Waals surface area contributed by atoms with Gasteiger partial charge in [-0.2, -0.15) is 13.2 Å². The topological polar surface area (TPSA) is 106 Å². The molecule has 0 atom stereocenters. The van der Waals surface area contributed by atoms with Gasteiger partial charge in [-0.15, -0.1) is 5.10 Å². The number of carbonyl (C=O) groups is 1.